The van der Waals surface area contributed by atoms with E-state index < -0.39 is 35.7 Å². The zero-order chi connectivity index (χ0) is 36.2. The zero-order valence-corrected chi connectivity index (χ0v) is 30.1. The molecule has 1 saturated heterocycles. The molecule has 2 aromatic rings. The van der Waals surface area contributed by atoms with Crippen LogP contribution in [0.15, 0.2) is 6.07 Å². The standard InChI is InChI=1S/C36H47N5O9/c1-17-10-20-11-22-24(13-37)41-23(28(40(22)7)26(20)32(30(17)46-9)47-15-45-8)12-21-27(33-31(48-16-49-33)18(2)29(21)42)25(41)14-38-34(43)19(3)39-35(44)50-36(4,5)6/h10,19,22-25,28,42H,11-12,14-16H2,1-9H3,(H,38,43)(H,39,44)/t19-,22+,23?,24-,25-,28?/m0/s1. The lowest BCUT2D eigenvalue weighted by molar-refractivity contribution is -0.123. The molecule has 0 spiro atoms. The van der Waals surface area contributed by atoms with E-state index in [-0.39, 0.29) is 44.0 Å². The van der Waals surface area contributed by atoms with Gasteiger partial charge in [0.25, 0.3) is 0 Å². The summed E-state index contributed by atoms with van der Waals surface area (Å²) in [4.78, 5) is 30.4. The Labute approximate surface area is 292 Å². The first-order chi connectivity index (χ1) is 23.7. The lowest BCUT2D eigenvalue weighted by atomic mass is 9.71. The second kappa shape index (κ2) is 13.4. The molecular formula is C36H47N5O9. The quantitative estimate of drug-likeness (QED) is 0.345. The van der Waals surface area contributed by atoms with Crippen LogP contribution in [0.25, 0.3) is 0 Å². The van der Waals surface area contributed by atoms with Gasteiger partial charge in [-0.2, -0.15) is 5.26 Å². The van der Waals surface area contributed by atoms with Gasteiger partial charge in [-0.25, -0.2) is 4.79 Å². The molecule has 14 nitrogen and oxygen atoms in total. The molecule has 0 aromatic heterocycles. The van der Waals surface area contributed by atoms with Crippen molar-refractivity contribution < 1.29 is 43.1 Å². The number of benzene rings is 2. The van der Waals surface area contributed by atoms with E-state index in [1.165, 1.54) is 0 Å². The maximum Gasteiger partial charge on any atom is 0.408 e. The van der Waals surface area contributed by atoms with Crippen molar-refractivity contribution in [2.45, 2.75) is 96.2 Å². The Morgan fingerprint density at radius 2 is 1.84 bits per heavy atom. The average Bonchev–Trinajstić information content (AvgIpc) is 3.54. The number of ether oxygens (including phenoxy) is 6. The molecule has 270 valence electrons. The van der Waals surface area contributed by atoms with Gasteiger partial charge in [-0.1, -0.05) is 6.07 Å². The van der Waals surface area contributed by atoms with Crippen LogP contribution in [0.2, 0.25) is 0 Å². The third-order valence-electron chi connectivity index (χ3n) is 10.2. The molecule has 4 aliphatic heterocycles. The fourth-order valence-corrected chi connectivity index (χ4v) is 8.18. The van der Waals surface area contributed by atoms with Crippen molar-refractivity contribution in [3.05, 3.63) is 39.4 Å². The number of fused-ring (bicyclic) bond motifs is 9. The van der Waals surface area contributed by atoms with Crippen LogP contribution in [0.3, 0.4) is 0 Å². The van der Waals surface area contributed by atoms with Gasteiger partial charge in [-0.3, -0.25) is 14.6 Å². The third kappa shape index (κ3) is 5.91. The number of rotatable bonds is 8. The topological polar surface area (TPSA) is 164 Å². The van der Waals surface area contributed by atoms with Crippen molar-refractivity contribution in [1.82, 2.24) is 20.4 Å². The number of nitriles is 1. The highest BCUT2D eigenvalue weighted by Crippen LogP contribution is 2.58. The second-order valence-electron chi connectivity index (χ2n) is 14.4. The minimum Gasteiger partial charge on any atom is -0.507 e. The van der Waals surface area contributed by atoms with Gasteiger partial charge in [0.1, 0.15) is 23.4 Å². The molecular weight excluding hydrogens is 646 g/mol. The van der Waals surface area contributed by atoms with Crippen LogP contribution in [0.5, 0.6) is 28.7 Å². The van der Waals surface area contributed by atoms with E-state index >= 15 is 0 Å². The number of carbonyl (C=O) groups is 2. The maximum atomic E-state index is 13.5. The summed E-state index contributed by atoms with van der Waals surface area (Å²) in [7, 11) is 5.20. The van der Waals surface area contributed by atoms with E-state index in [4.69, 9.17) is 28.4 Å². The lowest BCUT2D eigenvalue weighted by Crippen LogP contribution is -2.69. The SMILES string of the molecule is COCOc1c(OC)c(C)cc2c1C1C3Cc4c(O)c(C)c5c(c4[C@H](CNC(=O)[C@H](C)NC(=O)OC(C)(C)C)N3[C@@H](C#N)[C@@H](C2)N1C)OCO5. The monoisotopic (exact) mass is 693 g/mol. The molecule has 4 heterocycles. The number of nitrogens with zero attached hydrogens (tertiary/aromatic N) is 3. The Morgan fingerprint density at radius 1 is 1.12 bits per heavy atom. The third-order valence-corrected chi connectivity index (χ3v) is 10.2. The van der Waals surface area contributed by atoms with Crippen molar-refractivity contribution in [2.75, 3.05) is 41.4 Å². The highest BCUT2D eigenvalue weighted by atomic mass is 16.7. The number of hydrogen-bond donors (Lipinski definition) is 3. The molecule has 3 N–H and O–H groups in total. The Balaban J connectivity index is 1.46. The molecule has 6 rings (SSSR count). The average molecular weight is 694 g/mol. The first-order valence-corrected chi connectivity index (χ1v) is 16.8. The van der Waals surface area contributed by atoms with Gasteiger partial charge in [0.05, 0.1) is 25.3 Å². The summed E-state index contributed by atoms with van der Waals surface area (Å²) in [5.41, 5.74) is 4.08. The van der Waals surface area contributed by atoms with Crippen molar-refractivity contribution in [2.24, 2.45) is 0 Å². The predicted molar refractivity (Wildman–Crippen MR) is 181 cm³/mol. The van der Waals surface area contributed by atoms with Gasteiger partial charge in [0.15, 0.2) is 29.8 Å². The molecule has 0 saturated carbocycles. The Kier molecular flexibility index (Phi) is 9.45. The summed E-state index contributed by atoms with van der Waals surface area (Å²) < 4.78 is 34.7. The van der Waals surface area contributed by atoms with Crippen LogP contribution in [-0.4, -0.2) is 98.1 Å². The highest BCUT2D eigenvalue weighted by Gasteiger charge is 2.57. The summed E-state index contributed by atoms with van der Waals surface area (Å²) in [6.45, 7) is 10.6. The molecule has 4 aliphatic rings. The number of alkyl carbamates (subject to hydrolysis) is 1. The molecule has 1 fully saturated rings. The predicted octanol–water partition coefficient (Wildman–Crippen LogP) is 3.53. The van der Waals surface area contributed by atoms with Crippen molar-refractivity contribution >= 4 is 12.0 Å². The number of piperazine rings is 1. The van der Waals surface area contributed by atoms with Gasteiger partial charge in [0, 0.05) is 48.0 Å². The van der Waals surface area contributed by atoms with E-state index in [0.717, 1.165) is 16.7 Å². The van der Waals surface area contributed by atoms with Crippen LogP contribution >= 0.6 is 0 Å². The Hall–Kier alpha value is -4.45. The number of aryl methyl sites for hydroxylation is 1. The van der Waals surface area contributed by atoms with Gasteiger partial charge in [-0.05, 0) is 72.6 Å². The minimum absolute atomic E-state index is 0.0117. The number of amides is 2. The number of phenolic OH excluding ortho intramolecular Hbond substituents is 1. The van der Waals surface area contributed by atoms with Gasteiger partial charge in [0.2, 0.25) is 12.7 Å². The first-order valence-electron chi connectivity index (χ1n) is 16.8. The zero-order valence-electron chi connectivity index (χ0n) is 30.1. The molecule has 2 amide bonds. The number of aromatic hydroxyl groups is 1. The fraction of sp³-hybridized carbons (Fsp3) is 0.583. The van der Waals surface area contributed by atoms with Gasteiger partial charge < -0.3 is 44.2 Å². The minimum atomic E-state index is -0.915. The molecule has 2 bridgehead atoms. The number of phenols is 1. The maximum absolute atomic E-state index is 13.5. The Bertz CT molecular complexity index is 1730. The van der Waals surface area contributed by atoms with E-state index in [1.807, 2.05) is 14.0 Å². The van der Waals surface area contributed by atoms with E-state index in [2.05, 4.69) is 32.6 Å². The van der Waals surface area contributed by atoms with Crippen molar-refractivity contribution in [3.63, 3.8) is 0 Å². The molecule has 2 unspecified atom stereocenters. The molecule has 2 aromatic carbocycles. The summed E-state index contributed by atoms with van der Waals surface area (Å²) in [5.74, 6) is 1.78. The fourth-order valence-electron chi connectivity index (χ4n) is 8.18. The second-order valence-corrected chi connectivity index (χ2v) is 14.4. The van der Waals surface area contributed by atoms with Crippen LogP contribution < -0.4 is 29.6 Å². The summed E-state index contributed by atoms with van der Waals surface area (Å²) in [5, 5.41) is 28.2. The molecule has 50 heavy (non-hydrogen) atoms. The number of nitrogens with one attached hydrogen (secondary N) is 2. The van der Waals surface area contributed by atoms with E-state index in [1.54, 1.807) is 48.8 Å². The number of hydrogen-bond acceptors (Lipinski definition) is 12. The van der Waals surface area contributed by atoms with Crippen molar-refractivity contribution in [1.29, 1.82) is 5.26 Å². The molecule has 0 aliphatic carbocycles. The van der Waals surface area contributed by atoms with Crippen LogP contribution in [0, 0.1) is 25.2 Å². The first kappa shape index (κ1) is 35.4. The van der Waals surface area contributed by atoms with Crippen LogP contribution in [-0.2, 0) is 27.1 Å². The van der Waals surface area contributed by atoms with Gasteiger partial charge >= 0.3 is 6.09 Å². The van der Waals surface area contributed by atoms with Crippen LogP contribution in [0.4, 0.5) is 4.79 Å². The van der Waals surface area contributed by atoms with Crippen LogP contribution in [0.1, 0.15) is 73.2 Å². The van der Waals surface area contributed by atoms with Gasteiger partial charge in [-0.15, -0.1) is 0 Å². The van der Waals surface area contributed by atoms with E-state index in [9.17, 15) is 20.0 Å². The summed E-state index contributed by atoms with van der Waals surface area (Å²) in [6.07, 6.45) is 0.232. The largest absolute Gasteiger partial charge is 0.507 e. The lowest BCUT2D eigenvalue weighted by Gasteiger charge is -2.60. The normalized spacial score (nSPS) is 24.2. The smallest absolute Gasteiger partial charge is 0.408 e. The summed E-state index contributed by atoms with van der Waals surface area (Å²) >= 11 is 0. The number of carbonyl (C=O) groups excluding carboxylic acids is 2. The molecule has 6 atom stereocenters. The van der Waals surface area contributed by atoms with Crippen molar-refractivity contribution in [3.8, 4) is 34.8 Å². The molecule has 0 radical (unpaired) electrons. The number of methoxy groups -OCH3 is 2. The number of likely N-dealkylation sites (N-methyl/N-ethyl adjacent to an activating group) is 1. The summed E-state index contributed by atoms with van der Waals surface area (Å²) in [6, 6.07) is 1.73. The highest BCUT2D eigenvalue weighted by molar-refractivity contribution is 5.85. The Morgan fingerprint density at radius 3 is 2.50 bits per heavy atom. The molecule has 14 heteroatoms. The van der Waals surface area contributed by atoms with E-state index in [0.29, 0.717) is 52.5 Å².